The first-order valence-corrected chi connectivity index (χ1v) is 3.48. The van der Waals surface area contributed by atoms with Crippen LogP contribution in [0, 0.1) is 0 Å². The van der Waals surface area contributed by atoms with Crippen LogP contribution in [0.3, 0.4) is 0 Å². The molecule has 0 aromatic carbocycles. The average Bonchev–Trinajstić information content (AvgIpc) is 2.06. The summed E-state index contributed by atoms with van der Waals surface area (Å²) in [5.74, 6) is 0. The van der Waals surface area contributed by atoms with Crippen LogP contribution >= 0.6 is 0 Å². The maximum Gasteiger partial charge on any atom is 0.115 e. The first kappa shape index (κ1) is 8.14. The Kier molecular flexibility index (Phi) is 2.19. The molecular weight excluding hydrogens is 140 g/mol. The third-order valence-electron chi connectivity index (χ3n) is 1.71. The van der Waals surface area contributed by atoms with Gasteiger partial charge >= 0.3 is 0 Å². The van der Waals surface area contributed by atoms with Crippen molar-refractivity contribution in [1.29, 1.82) is 0 Å². The molecule has 0 atom stereocenters. The molecule has 3 nitrogen and oxygen atoms in total. The topological polar surface area (TPSA) is 35.0 Å². The number of rotatable bonds is 2. The molecule has 0 N–H and O–H groups in total. The summed E-state index contributed by atoms with van der Waals surface area (Å²) in [6, 6.07) is 1.85. The van der Waals surface area contributed by atoms with Gasteiger partial charge in [-0.25, -0.2) is 9.97 Å². The summed E-state index contributed by atoms with van der Waals surface area (Å²) >= 11 is 0. The van der Waals surface area contributed by atoms with Crippen molar-refractivity contribution in [1.82, 2.24) is 9.97 Å². The lowest BCUT2D eigenvalue weighted by molar-refractivity contribution is 0.0154. The predicted octanol–water partition coefficient (Wildman–Crippen LogP) is 1.36. The number of hydrogen-bond acceptors (Lipinski definition) is 3. The second-order valence-electron chi connectivity index (χ2n) is 2.81. The van der Waals surface area contributed by atoms with Gasteiger partial charge in [-0.3, -0.25) is 0 Å². The summed E-state index contributed by atoms with van der Waals surface area (Å²) < 4.78 is 5.23. The first-order chi connectivity index (χ1) is 5.17. The van der Waals surface area contributed by atoms with Crippen molar-refractivity contribution in [2.24, 2.45) is 0 Å². The highest BCUT2D eigenvalue weighted by molar-refractivity contribution is 5.06. The summed E-state index contributed by atoms with van der Waals surface area (Å²) in [5.41, 5.74) is 0.582. The Labute approximate surface area is 66.4 Å². The third kappa shape index (κ3) is 1.74. The van der Waals surface area contributed by atoms with Gasteiger partial charge in [0.25, 0.3) is 0 Å². The first-order valence-electron chi connectivity index (χ1n) is 3.48. The second kappa shape index (κ2) is 2.96. The van der Waals surface area contributed by atoms with Crippen molar-refractivity contribution in [3.63, 3.8) is 0 Å². The van der Waals surface area contributed by atoms with Crippen LogP contribution in [0.15, 0.2) is 18.6 Å². The van der Waals surface area contributed by atoms with Crippen LogP contribution in [0.4, 0.5) is 0 Å². The van der Waals surface area contributed by atoms with E-state index in [0.29, 0.717) is 0 Å². The molecular formula is C8H12N2O. The van der Waals surface area contributed by atoms with Gasteiger partial charge in [-0.2, -0.15) is 0 Å². The molecule has 1 aromatic heterocycles. The SMILES string of the molecule is COC(C)(C)c1ccncn1. The van der Waals surface area contributed by atoms with Crippen molar-refractivity contribution < 1.29 is 4.74 Å². The molecule has 0 saturated carbocycles. The highest BCUT2D eigenvalue weighted by Crippen LogP contribution is 2.19. The van der Waals surface area contributed by atoms with Gasteiger partial charge in [0, 0.05) is 13.3 Å². The van der Waals surface area contributed by atoms with Gasteiger partial charge in [-0.15, -0.1) is 0 Å². The average molecular weight is 152 g/mol. The quantitative estimate of drug-likeness (QED) is 0.641. The molecule has 60 valence electrons. The van der Waals surface area contributed by atoms with E-state index in [9.17, 15) is 0 Å². The molecule has 3 heteroatoms. The molecule has 0 amide bonds. The third-order valence-corrected chi connectivity index (χ3v) is 1.71. The molecule has 0 bridgehead atoms. The van der Waals surface area contributed by atoms with E-state index in [2.05, 4.69) is 9.97 Å². The molecule has 0 spiro atoms. The molecule has 0 radical (unpaired) electrons. The molecule has 1 aromatic rings. The molecule has 0 fully saturated rings. The zero-order valence-corrected chi connectivity index (χ0v) is 7.03. The standard InChI is InChI=1S/C8H12N2O/c1-8(2,11-3)7-4-5-9-6-10-7/h4-6H,1-3H3. The Morgan fingerprint density at radius 1 is 1.45 bits per heavy atom. The van der Waals surface area contributed by atoms with Gasteiger partial charge in [0.2, 0.25) is 0 Å². The fraction of sp³-hybridized carbons (Fsp3) is 0.500. The van der Waals surface area contributed by atoms with E-state index in [1.165, 1.54) is 6.33 Å². The van der Waals surface area contributed by atoms with E-state index in [-0.39, 0.29) is 5.60 Å². The Balaban J connectivity index is 2.93. The van der Waals surface area contributed by atoms with E-state index in [1.54, 1.807) is 13.3 Å². The van der Waals surface area contributed by atoms with Crippen LogP contribution in [0.25, 0.3) is 0 Å². The predicted molar refractivity (Wildman–Crippen MR) is 42.1 cm³/mol. The van der Waals surface area contributed by atoms with E-state index in [0.717, 1.165) is 5.69 Å². The zero-order chi connectivity index (χ0) is 8.32. The van der Waals surface area contributed by atoms with Gasteiger partial charge in [0.1, 0.15) is 11.9 Å². The smallest absolute Gasteiger partial charge is 0.115 e. The van der Waals surface area contributed by atoms with Gasteiger partial charge in [-0.05, 0) is 19.9 Å². The second-order valence-corrected chi connectivity index (χ2v) is 2.81. The summed E-state index contributed by atoms with van der Waals surface area (Å²) in [5, 5.41) is 0. The molecule has 0 saturated heterocycles. The normalized spacial score (nSPS) is 11.5. The summed E-state index contributed by atoms with van der Waals surface area (Å²) in [6.07, 6.45) is 3.24. The highest BCUT2D eigenvalue weighted by Gasteiger charge is 2.20. The van der Waals surface area contributed by atoms with Gasteiger partial charge < -0.3 is 4.74 Å². The number of hydrogen-bond donors (Lipinski definition) is 0. The molecule has 11 heavy (non-hydrogen) atoms. The van der Waals surface area contributed by atoms with Crippen LogP contribution in [-0.2, 0) is 10.3 Å². The van der Waals surface area contributed by atoms with Crippen molar-refractivity contribution >= 4 is 0 Å². The Morgan fingerprint density at radius 2 is 2.18 bits per heavy atom. The van der Waals surface area contributed by atoms with E-state index < -0.39 is 0 Å². The number of methoxy groups -OCH3 is 1. The van der Waals surface area contributed by atoms with Crippen LogP contribution in [0.1, 0.15) is 19.5 Å². The van der Waals surface area contributed by atoms with Crippen molar-refractivity contribution in [2.75, 3.05) is 7.11 Å². The lowest BCUT2D eigenvalue weighted by Crippen LogP contribution is -2.20. The Bertz CT molecular complexity index is 221. The molecule has 1 heterocycles. The lowest BCUT2D eigenvalue weighted by Gasteiger charge is -2.21. The molecule has 0 aliphatic rings. The number of nitrogens with zero attached hydrogens (tertiary/aromatic N) is 2. The van der Waals surface area contributed by atoms with E-state index >= 15 is 0 Å². The summed E-state index contributed by atoms with van der Waals surface area (Å²) in [4.78, 5) is 7.91. The van der Waals surface area contributed by atoms with Crippen LogP contribution < -0.4 is 0 Å². The number of aromatic nitrogens is 2. The lowest BCUT2D eigenvalue weighted by atomic mass is 10.1. The van der Waals surface area contributed by atoms with Gasteiger partial charge in [-0.1, -0.05) is 0 Å². The fourth-order valence-corrected chi connectivity index (χ4v) is 0.751. The Morgan fingerprint density at radius 3 is 2.64 bits per heavy atom. The largest absolute Gasteiger partial charge is 0.373 e. The maximum atomic E-state index is 5.23. The molecule has 0 aliphatic heterocycles. The summed E-state index contributed by atoms with van der Waals surface area (Å²) in [6.45, 7) is 3.94. The van der Waals surface area contributed by atoms with E-state index in [4.69, 9.17) is 4.74 Å². The van der Waals surface area contributed by atoms with E-state index in [1.807, 2.05) is 19.9 Å². The zero-order valence-electron chi connectivity index (χ0n) is 7.03. The van der Waals surface area contributed by atoms with Gasteiger partial charge in [0.15, 0.2) is 0 Å². The maximum absolute atomic E-state index is 5.23. The summed E-state index contributed by atoms with van der Waals surface area (Å²) in [7, 11) is 1.67. The molecule has 1 rings (SSSR count). The highest BCUT2D eigenvalue weighted by atomic mass is 16.5. The van der Waals surface area contributed by atoms with Crippen molar-refractivity contribution in [3.8, 4) is 0 Å². The minimum absolute atomic E-state index is 0.317. The van der Waals surface area contributed by atoms with Crippen LogP contribution in [0.2, 0.25) is 0 Å². The minimum Gasteiger partial charge on any atom is -0.373 e. The Hall–Kier alpha value is -0.960. The van der Waals surface area contributed by atoms with Gasteiger partial charge in [0.05, 0.1) is 5.69 Å². The molecule has 0 unspecified atom stereocenters. The van der Waals surface area contributed by atoms with Crippen LogP contribution in [-0.4, -0.2) is 17.1 Å². The van der Waals surface area contributed by atoms with Crippen molar-refractivity contribution in [2.45, 2.75) is 19.4 Å². The number of ether oxygens (including phenoxy) is 1. The molecule has 0 aliphatic carbocycles. The minimum atomic E-state index is -0.317. The van der Waals surface area contributed by atoms with Crippen LogP contribution in [0.5, 0.6) is 0 Å². The monoisotopic (exact) mass is 152 g/mol. The fourth-order valence-electron chi connectivity index (χ4n) is 0.751. The van der Waals surface area contributed by atoms with Crippen molar-refractivity contribution in [3.05, 3.63) is 24.3 Å².